The zero-order valence-corrected chi connectivity index (χ0v) is 11.5. The van der Waals surface area contributed by atoms with Crippen LogP contribution in [0.5, 0.6) is 5.75 Å². The molecule has 0 unspecified atom stereocenters. The Morgan fingerprint density at radius 3 is 2.41 bits per heavy atom. The Balaban J connectivity index is 2.63. The minimum atomic E-state index is 0.0900. The Kier molecular flexibility index (Phi) is 3.37. The number of halogens is 1. The summed E-state index contributed by atoms with van der Waals surface area (Å²) in [5, 5.41) is 0.729. The second kappa shape index (κ2) is 4.51. The van der Waals surface area contributed by atoms with Gasteiger partial charge < -0.3 is 10.5 Å². The van der Waals surface area contributed by atoms with Crippen LogP contribution in [0.3, 0.4) is 0 Å². The minimum Gasteiger partial charge on any atom is -0.495 e. The van der Waals surface area contributed by atoms with E-state index in [0.29, 0.717) is 6.54 Å². The first kappa shape index (κ1) is 12.7. The molecular formula is C14H20ClNO. The van der Waals surface area contributed by atoms with Crippen molar-refractivity contribution < 1.29 is 4.74 Å². The maximum absolute atomic E-state index is 6.35. The molecular weight excluding hydrogens is 234 g/mol. The summed E-state index contributed by atoms with van der Waals surface area (Å²) in [4.78, 5) is 0. The Labute approximate surface area is 108 Å². The van der Waals surface area contributed by atoms with Gasteiger partial charge in [-0.2, -0.15) is 0 Å². The summed E-state index contributed by atoms with van der Waals surface area (Å²) in [7, 11) is 1.69. The van der Waals surface area contributed by atoms with Crippen molar-refractivity contribution in [2.75, 3.05) is 13.7 Å². The van der Waals surface area contributed by atoms with Gasteiger partial charge in [-0.15, -0.1) is 0 Å². The quantitative estimate of drug-likeness (QED) is 0.897. The summed E-state index contributed by atoms with van der Waals surface area (Å²) in [6.07, 6.45) is 3.52. The highest BCUT2D eigenvalue weighted by Gasteiger charge is 2.41. The lowest BCUT2D eigenvalue weighted by Crippen LogP contribution is -2.42. The van der Waals surface area contributed by atoms with E-state index in [1.807, 2.05) is 6.92 Å². The normalized spacial score (nSPS) is 17.7. The molecule has 0 atom stereocenters. The number of nitrogens with two attached hydrogens (primary N) is 1. The lowest BCUT2D eigenvalue weighted by molar-refractivity contribution is 0.242. The van der Waals surface area contributed by atoms with E-state index in [9.17, 15) is 0 Å². The summed E-state index contributed by atoms with van der Waals surface area (Å²) in [6.45, 7) is 4.80. The number of hydrogen-bond donors (Lipinski definition) is 1. The molecule has 1 aliphatic carbocycles. The van der Waals surface area contributed by atoms with E-state index < -0.39 is 0 Å². The molecule has 2 rings (SSSR count). The molecule has 1 aromatic carbocycles. The standard InChI is InChI=1S/C14H20ClNO/c1-9-7-10(2)12(15)13(17-3)11(9)14(8-16)5-4-6-14/h7H,4-6,8,16H2,1-3H3. The third-order valence-electron chi connectivity index (χ3n) is 4.04. The van der Waals surface area contributed by atoms with Gasteiger partial charge in [-0.05, 0) is 37.8 Å². The van der Waals surface area contributed by atoms with Crippen LogP contribution in [0.2, 0.25) is 5.02 Å². The van der Waals surface area contributed by atoms with Crippen LogP contribution >= 0.6 is 11.6 Å². The van der Waals surface area contributed by atoms with E-state index in [1.54, 1.807) is 7.11 Å². The van der Waals surface area contributed by atoms with Crippen LogP contribution in [0, 0.1) is 13.8 Å². The number of rotatable bonds is 3. The molecule has 0 heterocycles. The lowest BCUT2D eigenvalue weighted by Gasteiger charge is -2.43. The van der Waals surface area contributed by atoms with Crippen molar-refractivity contribution in [1.82, 2.24) is 0 Å². The molecule has 2 N–H and O–H groups in total. The van der Waals surface area contributed by atoms with Crippen molar-refractivity contribution >= 4 is 11.6 Å². The molecule has 94 valence electrons. The fourth-order valence-electron chi connectivity index (χ4n) is 2.94. The number of ether oxygens (including phenoxy) is 1. The van der Waals surface area contributed by atoms with Crippen molar-refractivity contribution in [3.8, 4) is 5.75 Å². The Hall–Kier alpha value is -0.730. The number of hydrogen-bond acceptors (Lipinski definition) is 2. The molecule has 0 spiro atoms. The summed E-state index contributed by atoms with van der Waals surface area (Å²) in [5.41, 5.74) is 9.61. The van der Waals surface area contributed by atoms with E-state index in [1.165, 1.54) is 17.5 Å². The minimum absolute atomic E-state index is 0.0900. The van der Waals surface area contributed by atoms with Gasteiger partial charge in [0.25, 0.3) is 0 Å². The van der Waals surface area contributed by atoms with E-state index >= 15 is 0 Å². The van der Waals surface area contributed by atoms with Crippen molar-refractivity contribution in [2.24, 2.45) is 5.73 Å². The van der Waals surface area contributed by atoms with Gasteiger partial charge in [0.05, 0.1) is 12.1 Å². The number of methoxy groups -OCH3 is 1. The van der Waals surface area contributed by atoms with Crippen LogP contribution in [-0.4, -0.2) is 13.7 Å². The molecule has 1 fully saturated rings. The fourth-order valence-corrected chi connectivity index (χ4v) is 3.16. The van der Waals surface area contributed by atoms with Gasteiger partial charge in [0, 0.05) is 17.5 Å². The van der Waals surface area contributed by atoms with Gasteiger partial charge in [-0.3, -0.25) is 0 Å². The molecule has 17 heavy (non-hydrogen) atoms. The van der Waals surface area contributed by atoms with E-state index in [0.717, 1.165) is 29.2 Å². The van der Waals surface area contributed by atoms with Crippen molar-refractivity contribution in [3.05, 3.63) is 27.8 Å². The second-order valence-electron chi connectivity index (χ2n) is 5.07. The molecule has 0 bridgehead atoms. The molecule has 1 aromatic rings. The first-order chi connectivity index (χ1) is 8.05. The van der Waals surface area contributed by atoms with Gasteiger partial charge in [0.15, 0.2) is 0 Å². The zero-order valence-electron chi connectivity index (χ0n) is 10.8. The van der Waals surface area contributed by atoms with Crippen LogP contribution in [0.25, 0.3) is 0 Å². The molecule has 0 amide bonds. The van der Waals surface area contributed by atoms with Crippen LogP contribution in [0.1, 0.15) is 36.0 Å². The highest BCUT2D eigenvalue weighted by molar-refractivity contribution is 6.33. The van der Waals surface area contributed by atoms with Crippen LogP contribution in [-0.2, 0) is 5.41 Å². The summed E-state index contributed by atoms with van der Waals surface area (Å²) < 4.78 is 5.53. The second-order valence-corrected chi connectivity index (χ2v) is 5.45. The first-order valence-electron chi connectivity index (χ1n) is 6.10. The van der Waals surface area contributed by atoms with Gasteiger partial charge in [-0.25, -0.2) is 0 Å². The monoisotopic (exact) mass is 253 g/mol. The van der Waals surface area contributed by atoms with Gasteiger partial charge in [0.2, 0.25) is 0 Å². The first-order valence-corrected chi connectivity index (χ1v) is 6.48. The molecule has 0 aliphatic heterocycles. The average molecular weight is 254 g/mol. The van der Waals surface area contributed by atoms with Crippen molar-refractivity contribution in [2.45, 2.75) is 38.5 Å². The van der Waals surface area contributed by atoms with E-state index in [2.05, 4.69) is 13.0 Å². The zero-order chi connectivity index (χ0) is 12.6. The molecule has 0 radical (unpaired) electrons. The maximum atomic E-state index is 6.35. The fraction of sp³-hybridized carbons (Fsp3) is 0.571. The highest BCUT2D eigenvalue weighted by atomic mass is 35.5. The molecule has 1 saturated carbocycles. The van der Waals surface area contributed by atoms with Gasteiger partial charge in [0.1, 0.15) is 5.75 Å². The number of aryl methyl sites for hydroxylation is 2. The van der Waals surface area contributed by atoms with Gasteiger partial charge >= 0.3 is 0 Å². The largest absolute Gasteiger partial charge is 0.495 e. The maximum Gasteiger partial charge on any atom is 0.141 e. The topological polar surface area (TPSA) is 35.2 Å². The van der Waals surface area contributed by atoms with Crippen LogP contribution < -0.4 is 10.5 Å². The smallest absolute Gasteiger partial charge is 0.141 e. The molecule has 0 aromatic heterocycles. The van der Waals surface area contributed by atoms with Crippen molar-refractivity contribution in [1.29, 1.82) is 0 Å². The Morgan fingerprint density at radius 2 is 2.00 bits per heavy atom. The van der Waals surface area contributed by atoms with Crippen molar-refractivity contribution in [3.63, 3.8) is 0 Å². The molecule has 1 aliphatic rings. The molecule has 3 heteroatoms. The Bertz CT molecular complexity index is 433. The third kappa shape index (κ3) is 1.84. The predicted octanol–water partition coefficient (Wildman–Crippen LogP) is 3.35. The SMILES string of the molecule is COc1c(Cl)c(C)cc(C)c1C1(CN)CCC1. The number of benzene rings is 1. The lowest BCUT2D eigenvalue weighted by atomic mass is 9.63. The molecule has 2 nitrogen and oxygen atoms in total. The molecule has 0 saturated heterocycles. The van der Waals surface area contributed by atoms with E-state index in [4.69, 9.17) is 22.1 Å². The third-order valence-corrected chi connectivity index (χ3v) is 4.51. The average Bonchev–Trinajstić information content (AvgIpc) is 2.24. The highest BCUT2D eigenvalue weighted by Crippen LogP contribution is 2.50. The summed E-state index contributed by atoms with van der Waals surface area (Å²) >= 11 is 6.35. The Morgan fingerprint density at radius 1 is 1.35 bits per heavy atom. The summed E-state index contributed by atoms with van der Waals surface area (Å²) in [5.74, 6) is 0.828. The predicted molar refractivity (Wildman–Crippen MR) is 72.1 cm³/mol. The van der Waals surface area contributed by atoms with Crippen LogP contribution in [0.15, 0.2) is 6.07 Å². The van der Waals surface area contributed by atoms with E-state index in [-0.39, 0.29) is 5.41 Å². The summed E-state index contributed by atoms with van der Waals surface area (Å²) in [6, 6.07) is 2.13. The van der Waals surface area contributed by atoms with Gasteiger partial charge in [-0.1, -0.05) is 24.1 Å². The van der Waals surface area contributed by atoms with Crippen LogP contribution in [0.4, 0.5) is 0 Å².